The summed E-state index contributed by atoms with van der Waals surface area (Å²) in [6, 6.07) is 22.5. The van der Waals surface area contributed by atoms with Gasteiger partial charge in [-0.1, -0.05) is 30.3 Å². The van der Waals surface area contributed by atoms with Crippen molar-refractivity contribution in [3.05, 3.63) is 78.4 Å². The molecule has 33 heavy (non-hydrogen) atoms. The first-order chi connectivity index (χ1) is 16.1. The van der Waals surface area contributed by atoms with Crippen LogP contribution in [0.25, 0.3) is 33.1 Å². The van der Waals surface area contributed by atoms with Crippen molar-refractivity contribution in [1.29, 1.82) is 0 Å². The number of nitrogens with zero attached hydrogens (tertiary/aromatic N) is 3. The topological polar surface area (TPSA) is 86.1 Å². The SMILES string of the molecule is COc1ccc(C(=O)CNC(=O)CCn2c3ccccc3c3nc4ccccc4nc32)cc1. The number of ketones is 1. The van der Waals surface area contributed by atoms with Crippen LogP contribution in [0.15, 0.2) is 72.8 Å². The number of rotatable bonds is 7. The van der Waals surface area contributed by atoms with E-state index in [4.69, 9.17) is 14.7 Å². The molecule has 164 valence electrons. The number of aromatic nitrogens is 3. The molecule has 2 aromatic heterocycles. The molecule has 7 heteroatoms. The number of hydrogen-bond donors (Lipinski definition) is 1. The summed E-state index contributed by atoms with van der Waals surface area (Å²) in [6.07, 6.45) is 0.220. The van der Waals surface area contributed by atoms with Gasteiger partial charge in [-0.25, -0.2) is 9.97 Å². The summed E-state index contributed by atoms with van der Waals surface area (Å²) in [5.41, 5.74) is 4.72. The Labute approximate surface area is 190 Å². The standard InChI is InChI=1S/C26H22N4O3/c1-33-18-12-10-17(11-13-18)23(31)16-27-24(32)14-15-30-22-9-5-2-6-19(22)25-26(30)29-21-8-4-3-7-20(21)28-25/h2-13H,14-16H2,1H3,(H,27,32). The predicted octanol–water partition coefficient (Wildman–Crippen LogP) is 4.14. The van der Waals surface area contributed by atoms with Crippen LogP contribution in [0.4, 0.5) is 0 Å². The molecule has 3 aromatic carbocycles. The maximum absolute atomic E-state index is 12.5. The van der Waals surface area contributed by atoms with Crippen LogP contribution >= 0.6 is 0 Å². The van der Waals surface area contributed by atoms with Crippen LogP contribution < -0.4 is 10.1 Å². The molecule has 0 saturated carbocycles. The highest BCUT2D eigenvalue weighted by molar-refractivity contribution is 6.06. The van der Waals surface area contributed by atoms with Crippen molar-refractivity contribution in [3.8, 4) is 5.75 Å². The molecule has 0 atom stereocenters. The lowest BCUT2D eigenvalue weighted by molar-refractivity contribution is -0.121. The number of hydrogen-bond acceptors (Lipinski definition) is 5. The van der Waals surface area contributed by atoms with Crippen LogP contribution in [0, 0.1) is 0 Å². The number of amides is 1. The lowest BCUT2D eigenvalue weighted by Crippen LogP contribution is -2.30. The van der Waals surface area contributed by atoms with E-state index < -0.39 is 0 Å². The molecular weight excluding hydrogens is 416 g/mol. The van der Waals surface area contributed by atoms with Gasteiger partial charge in [-0.2, -0.15) is 0 Å². The van der Waals surface area contributed by atoms with Gasteiger partial charge in [-0.15, -0.1) is 0 Å². The maximum Gasteiger partial charge on any atom is 0.222 e. The van der Waals surface area contributed by atoms with Crippen LogP contribution in [0.2, 0.25) is 0 Å². The number of aryl methyl sites for hydroxylation is 1. The van der Waals surface area contributed by atoms with Gasteiger partial charge in [0.05, 0.1) is 30.2 Å². The van der Waals surface area contributed by atoms with Crippen LogP contribution in [0.1, 0.15) is 16.8 Å². The maximum atomic E-state index is 12.5. The van der Waals surface area contributed by atoms with Gasteiger partial charge >= 0.3 is 0 Å². The van der Waals surface area contributed by atoms with Gasteiger partial charge in [-0.05, 0) is 42.5 Å². The fourth-order valence-corrected chi connectivity index (χ4v) is 3.97. The zero-order chi connectivity index (χ0) is 22.8. The Balaban J connectivity index is 1.33. The molecule has 1 amide bonds. The largest absolute Gasteiger partial charge is 0.497 e. The molecule has 0 unspecified atom stereocenters. The van der Waals surface area contributed by atoms with E-state index >= 15 is 0 Å². The third-order valence-corrected chi connectivity index (χ3v) is 5.68. The zero-order valence-corrected chi connectivity index (χ0v) is 18.1. The molecule has 7 nitrogen and oxygen atoms in total. The molecule has 0 aliphatic rings. The van der Waals surface area contributed by atoms with E-state index in [1.807, 2.05) is 53.1 Å². The van der Waals surface area contributed by atoms with Crippen molar-refractivity contribution in [3.63, 3.8) is 0 Å². The summed E-state index contributed by atoms with van der Waals surface area (Å²) in [7, 11) is 1.57. The van der Waals surface area contributed by atoms with Gasteiger partial charge in [-0.3, -0.25) is 9.59 Å². The van der Waals surface area contributed by atoms with Crippen molar-refractivity contribution >= 4 is 44.8 Å². The second-order valence-electron chi connectivity index (χ2n) is 7.73. The second kappa shape index (κ2) is 8.70. The summed E-state index contributed by atoms with van der Waals surface area (Å²) in [5, 5.41) is 3.73. The van der Waals surface area contributed by atoms with E-state index in [1.165, 1.54) is 0 Å². The molecule has 0 bridgehead atoms. The Morgan fingerprint density at radius 1 is 0.909 bits per heavy atom. The minimum atomic E-state index is -0.198. The van der Waals surface area contributed by atoms with E-state index in [9.17, 15) is 9.59 Å². The minimum Gasteiger partial charge on any atom is -0.497 e. The first kappa shape index (κ1) is 20.6. The number of ether oxygens (including phenoxy) is 1. The van der Waals surface area contributed by atoms with Gasteiger partial charge in [0.2, 0.25) is 5.91 Å². The molecule has 2 heterocycles. The smallest absolute Gasteiger partial charge is 0.222 e. The van der Waals surface area contributed by atoms with E-state index in [2.05, 4.69) is 5.32 Å². The van der Waals surface area contributed by atoms with Crippen LogP contribution in [0.3, 0.4) is 0 Å². The average Bonchev–Trinajstić information content (AvgIpc) is 3.17. The average molecular weight is 438 g/mol. The van der Waals surface area contributed by atoms with E-state index in [0.29, 0.717) is 17.9 Å². The first-order valence-electron chi connectivity index (χ1n) is 10.7. The third-order valence-electron chi connectivity index (χ3n) is 5.68. The van der Waals surface area contributed by atoms with Gasteiger partial charge in [0.1, 0.15) is 11.3 Å². The summed E-state index contributed by atoms with van der Waals surface area (Å²) >= 11 is 0. The summed E-state index contributed by atoms with van der Waals surface area (Å²) < 4.78 is 7.13. The number of benzene rings is 3. The highest BCUT2D eigenvalue weighted by Gasteiger charge is 2.15. The highest BCUT2D eigenvalue weighted by Crippen LogP contribution is 2.28. The Morgan fingerprint density at radius 2 is 1.61 bits per heavy atom. The quantitative estimate of drug-likeness (QED) is 0.386. The molecule has 5 aromatic rings. The fourth-order valence-electron chi connectivity index (χ4n) is 3.97. The van der Waals surface area contributed by atoms with Crippen LogP contribution in [0.5, 0.6) is 5.75 Å². The molecule has 0 radical (unpaired) electrons. The van der Waals surface area contributed by atoms with Crippen molar-refractivity contribution in [2.24, 2.45) is 0 Å². The minimum absolute atomic E-state index is 0.0528. The number of para-hydroxylation sites is 3. The fraction of sp³-hybridized carbons (Fsp3) is 0.154. The van der Waals surface area contributed by atoms with Crippen LogP contribution in [-0.2, 0) is 11.3 Å². The van der Waals surface area contributed by atoms with Crippen molar-refractivity contribution in [1.82, 2.24) is 19.9 Å². The second-order valence-corrected chi connectivity index (χ2v) is 7.73. The molecule has 0 saturated heterocycles. The molecule has 1 N–H and O–H groups in total. The van der Waals surface area contributed by atoms with E-state index in [0.717, 1.165) is 33.1 Å². The molecule has 0 aliphatic heterocycles. The Kier molecular flexibility index (Phi) is 5.44. The summed E-state index contributed by atoms with van der Waals surface area (Å²) in [6.45, 7) is 0.377. The number of fused-ring (bicyclic) bond motifs is 4. The molecule has 0 spiro atoms. The molecular formula is C26H22N4O3. The number of carbonyl (C=O) groups is 2. The number of carbonyl (C=O) groups excluding carboxylic acids is 2. The van der Waals surface area contributed by atoms with E-state index in [-0.39, 0.29) is 24.7 Å². The van der Waals surface area contributed by atoms with Gasteiger partial charge in [0.15, 0.2) is 11.4 Å². The van der Waals surface area contributed by atoms with Crippen molar-refractivity contribution < 1.29 is 14.3 Å². The van der Waals surface area contributed by atoms with Crippen molar-refractivity contribution in [2.75, 3.05) is 13.7 Å². The third kappa shape index (κ3) is 4.01. The summed E-state index contributed by atoms with van der Waals surface area (Å²) in [5.74, 6) is 0.328. The normalized spacial score (nSPS) is 11.2. The zero-order valence-electron chi connectivity index (χ0n) is 18.1. The highest BCUT2D eigenvalue weighted by atomic mass is 16.5. The number of nitrogens with one attached hydrogen (secondary N) is 1. The predicted molar refractivity (Wildman–Crippen MR) is 127 cm³/mol. The molecule has 5 rings (SSSR count). The first-order valence-corrected chi connectivity index (χ1v) is 10.7. The van der Waals surface area contributed by atoms with Crippen molar-refractivity contribution in [2.45, 2.75) is 13.0 Å². The van der Waals surface area contributed by atoms with Gasteiger partial charge in [0.25, 0.3) is 0 Å². The summed E-state index contributed by atoms with van der Waals surface area (Å²) in [4.78, 5) is 34.5. The monoisotopic (exact) mass is 438 g/mol. The van der Waals surface area contributed by atoms with Crippen LogP contribution in [-0.4, -0.2) is 39.9 Å². The molecule has 0 aliphatic carbocycles. The Morgan fingerprint density at radius 3 is 2.36 bits per heavy atom. The number of methoxy groups -OCH3 is 1. The van der Waals surface area contributed by atoms with Gasteiger partial charge < -0.3 is 14.6 Å². The molecule has 0 fully saturated rings. The Hall–Kier alpha value is -4.26. The lowest BCUT2D eigenvalue weighted by atomic mass is 10.1. The van der Waals surface area contributed by atoms with E-state index in [1.54, 1.807) is 31.4 Å². The van der Waals surface area contributed by atoms with Gasteiger partial charge in [0, 0.05) is 23.9 Å². The Bertz CT molecular complexity index is 1490. The lowest BCUT2D eigenvalue weighted by Gasteiger charge is -2.08. The number of Topliss-reactive ketones (excluding diaryl/α,β-unsaturated/α-hetero) is 1.